The molecular weight excluding hydrogens is 386 g/mol. The molecule has 6 heteroatoms. The molecule has 31 heavy (non-hydrogen) atoms. The first kappa shape index (κ1) is 18.9. The maximum absolute atomic E-state index is 11.7. The molecule has 0 fully saturated rings. The molecule has 152 valence electrons. The minimum absolute atomic E-state index is 0.417. The summed E-state index contributed by atoms with van der Waals surface area (Å²) in [6.07, 6.45) is 3.62. The van der Waals surface area contributed by atoms with Gasteiger partial charge in [0, 0.05) is 22.7 Å². The molecule has 0 aliphatic rings. The van der Waals surface area contributed by atoms with Crippen molar-refractivity contribution in [1.29, 1.82) is 0 Å². The summed E-state index contributed by atoms with van der Waals surface area (Å²) in [7, 11) is 0. The highest BCUT2D eigenvalue weighted by atomic mass is 16.1. The predicted octanol–water partition coefficient (Wildman–Crippen LogP) is 4.41. The van der Waals surface area contributed by atoms with Crippen LogP contribution in [0.2, 0.25) is 0 Å². The number of fused-ring (bicyclic) bond motifs is 2. The molecule has 0 saturated carbocycles. The average molecular weight is 407 g/mol. The third-order valence-electron chi connectivity index (χ3n) is 5.81. The number of aromatic nitrogens is 4. The van der Waals surface area contributed by atoms with E-state index in [9.17, 15) is 4.79 Å². The summed E-state index contributed by atoms with van der Waals surface area (Å²) in [6, 6.07) is 17.9. The number of hydrogen-bond donors (Lipinski definition) is 1. The van der Waals surface area contributed by atoms with Gasteiger partial charge in [0.1, 0.15) is 5.52 Å². The largest absolute Gasteiger partial charge is 0.366 e. The minimum Gasteiger partial charge on any atom is -0.366 e. The van der Waals surface area contributed by atoms with Gasteiger partial charge in [-0.05, 0) is 66.9 Å². The molecule has 0 aliphatic carbocycles. The number of nitrogens with zero attached hydrogens (tertiary/aromatic N) is 4. The first-order valence-corrected chi connectivity index (χ1v) is 10.1. The first-order valence-electron chi connectivity index (χ1n) is 10.1. The normalized spacial score (nSPS) is 11.3. The van der Waals surface area contributed by atoms with Gasteiger partial charge in [-0.3, -0.25) is 9.78 Å². The van der Waals surface area contributed by atoms with Crippen LogP contribution in [0.25, 0.3) is 33.3 Å². The summed E-state index contributed by atoms with van der Waals surface area (Å²) in [5.41, 5.74) is 13.5. The van der Waals surface area contributed by atoms with Crippen LogP contribution in [0, 0.1) is 13.8 Å². The summed E-state index contributed by atoms with van der Waals surface area (Å²) in [6.45, 7) is 4.57. The Kier molecular flexibility index (Phi) is 4.47. The molecule has 3 aromatic heterocycles. The van der Waals surface area contributed by atoms with Gasteiger partial charge in [0.25, 0.3) is 0 Å². The van der Waals surface area contributed by atoms with E-state index in [1.807, 2.05) is 50.5 Å². The smallest absolute Gasteiger partial charge is 0.248 e. The van der Waals surface area contributed by atoms with Crippen LogP contribution < -0.4 is 5.73 Å². The number of pyridine rings is 2. The topological polar surface area (TPSA) is 86.7 Å². The van der Waals surface area contributed by atoms with Gasteiger partial charge in [-0.2, -0.15) is 0 Å². The van der Waals surface area contributed by atoms with Crippen LogP contribution in [-0.2, 0) is 6.54 Å². The Balaban J connectivity index is 1.55. The summed E-state index contributed by atoms with van der Waals surface area (Å²) < 4.78 is 2.05. The fourth-order valence-corrected chi connectivity index (χ4v) is 3.99. The van der Waals surface area contributed by atoms with Crippen molar-refractivity contribution in [3.05, 3.63) is 89.4 Å². The van der Waals surface area contributed by atoms with Gasteiger partial charge in [0.15, 0.2) is 5.65 Å². The second-order valence-corrected chi connectivity index (χ2v) is 7.72. The van der Waals surface area contributed by atoms with Crippen molar-refractivity contribution in [3.8, 4) is 11.3 Å². The lowest BCUT2D eigenvalue weighted by Crippen LogP contribution is -2.13. The van der Waals surface area contributed by atoms with E-state index in [0.717, 1.165) is 50.0 Å². The molecule has 0 radical (unpaired) electrons. The molecule has 5 aromatic rings. The van der Waals surface area contributed by atoms with Gasteiger partial charge in [-0.1, -0.05) is 18.2 Å². The second-order valence-electron chi connectivity index (χ2n) is 7.72. The zero-order valence-corrected chi connectivity index (χ0v) is 17.3. The van der Waals surface area contributed by atoms with Crippen LogP contribution in [0.15, 0.2) is 67.1 Å². The fraction of sp³-hybridized carbons (Fsp3) is 0.120. The fourth-order valence-electron chi connectivity index (χ4n) is 3.99. The lowest BCUT2D eigenvalue weighted by Gasteiger charge is -2.12. The zero-order valence-electron chi connectivity index (χ0n) is 17.3. The molecule has 0 atom stereocenters. The molecular formula is C25H21N5O. The van der Waals surface area contributed by atoms with Crippen LogP contribution >= 0.6 is 0 Å². The minimum atomic E-state index is -0.417. The summed E-state index contributed by atoms with van der Waals surface area (Å²) in [4.78, 5) is 25.5. The predicted molar refractivity (Wildman–Crippen MR) is 122 cm³/mol. The highest BCUT2D eigenvalue weighted by molar-refractivity contribution is 5.95. The number of imidazole rings is 1. The van der Waals surface area contributed by atoms with Crippen molar-refractivity contribution in [3.63, 3.8) is 0 Å². The maximum atomic E-state index is 11.7. The molecule has 0 saturated heterocycles. The Bertz CT molecular complexity index is 1470. The third kappa shape index (κ3) is 3.32. The quantitative estimate of drug-likeness (QED) is 0.478. The SMILES string of the molecule is Cc1c(C(N)=O)ccc(-c2ccc3ncn(Cc4ccc5ncccc5c4)c3n2)c1C. The standard InChI is InChI=1S/C25H21N5O/c1-15-16(2)20(24(26)31)7-6-19(15)22-9-10-23-25(29-22)30(14-28-23)13-17-5-8-21-18(12-17)4-3-11-27-21/h3-12,14H,13H2,1-2H3,(H2,26,31). The highest BCUT2D eigenvalue weighted by Crippen LogP contribution is 2.28. The van der Waals surface area contributed by atoms with E-state index >= 15 is 0 Å². The number of nitrogens with two attached hydrogens (primary N) is 1. The van der Waals surface area contributed by atoms with E-state index in [1.165, 1.54) is 0 Å². The summed E-state index contributed by atoms with van der Waals surface area (Å²) in [5, 5.41) is 1.11. The van der Waals surface area contributed by atoms with Crippen LogP contribution in [0.5, 0.6) is 0 Å². The third-order valence-corrected chi connectivity index (χ3v) is 5.81. The first-order chi connectivity index (χ1) is 15.0. The van der Waals surface area contributed by atoms with Gasteiger partial charge in [0.05, 0.1) is 24.1 Å². The molecule has 2 N–H and O–H groups in total. The molecule has 0 bridgehead atoms. The Labute approximate surface area is 179 Å². The Morgan fingerprint density at radius 1 is 0.968 bits per heavy atom. The number of primary amides is 1. The van der Waals surface area contributed by atoms with Crippen molar-refractivity contribution < 1.29 is 4.79 Å². The number of carbonyl (C=O) groups excluding carboxylic acids is 1. The van der Waals surface area contributed by atoms with E-state index in [2.05, 4.69) is 32.7 Å². The Morgan fingerprint density at radius 3 is 2.65 bits per heavy atom. The van der Waals surface area contributed by atoms with Crippen molar-refractivity contribution in [2.75, 3.05) is 0 Å². The van der Waals surface area contributed by atoms with Gasteiger partial charge >= 0.3 is 0 Å². The molecule has 2 aromatic carbocycles. The molecule has 0 aliphatic heterocycles. The maximum Gasteiger partial charge on any atom is 0.248 e. The molecule has 3 heterocycles. The van der Waals surface area contributed by atoms with Gasteiger partial charge in [-0.15, -0.1) is 0 Å². The summed E-state index contributed by atoms with van der Waals surface area (Å²) in [5.74, 6) is -0.417. The van der Waals surface area contributed by atoms with Crippen LogP contribution in [0.3, 0.4) is 0 Å². The van der Waals surface area contributed by atoms with Crippen molar-refractivity contribution in [2.24, 2.45) is 5.73 Å². The van der Waals surface area contributed by atoms with Crippen molar-refractivity contribution in [1.82, 2.24) is 19.5 Å². The van der Waals surface area contributed by atoms with E-state index in [1.54, 1.807) is 12.3 Å². The van der Waals surface area contributed by atoms with E-state index in [-0.39, 0.29) is 0 Å². The monoisotopic (exact) mass is 407 g/mol. The lowest BCUT2D eigenvalue weighted by atomic mass is 9.95. The van der Waals surface area contributed by atoms with Crippen molar-refractivity contribution in [2.45, 2.75) is 20.4 Å². The number of rotatable bonds is 4. The molecule has 0 spiro atoms. The molecule has 0 unspecified atom stereocenters. The van der Waals surface area contributed by atoms with Gasteiger partial charge < -0.3 is 10.3 Å². The van der Waals surface area contributed by atoms with Crippen LogP contribution in [-0.4, -0.2) is 25.4 Å². The second kappa shape index (κ2) is 7.32. The van der Waals surface area contributed by atoms with E-state index in [0.29, 0.717) is 12.1 Å². The van der Waals surface area contributed by atoms with Gasteiger partial charge in [0.2, 0.25) is 5.91 Å². The van der Waals surface area contributed by atoms with Crippen LogP contribution in [0.4, 0.5) is 0 Å². The number of hydrogen-bond acceptors (Lipinski definition) is 4. The highest BCUT2D eigenvalue weighted by Gasteiger charge is 2.14. The van der Waals surface area contributed by atoms with E-state index < -0.39 is 5.91 Å². The Hall–Kier alpha value is -4.06. The molecule has 5 rings (SSSR count). The molecule has 6 nitrogen and oxygen atoms in total. The lowest BCUT2D eigenvalue weighted by molar-refractivity contribution is 0.0999. The summed E-state index contributed by atoms with van der Waals surface area (Å²) >= 11 is 0. The van der Waals surface area contributed by atoms with Crippen LogP contribution in [0.1, 0.15) is 27.0 Å². The Morgan fingerprint density at radius 2 is 1.81 bits per heavy atom. The average Bonchev–Trinajstić information content (AvgIpc) is 3.17. The van der Waals surface area contributed by atoms with Gasteiger partial charge in [-0.25, -0.2) is 9.97 Å². The number of carbonyl (C=O) groups is 1. The van der Waals surface area contributed by atoms with Crippen molar-refractivity contribution >= 4 is 28.0 Å². The number of amides is 1. The molecule has 1 amide bonds. The van der Waals surface area contributed by atoms with E-state index in [4.69, 9.17) is 10.7 Å². The number of benzene rings is 2. The zero-order chi connectivity index (χ0) is 21.5.